The third-order valence-electron chi connectivity index (χ3n) is 6.72. The van der Waals surface area contributed by atoms with E-state index in [0.29, 0.717) is 47.9 Å². The normalized spacial score (nSPS) is 23.3. The van der Waals surface area contributed by atoms with Gasteiger partial charge in [-0.3, -0.25) is 4.79 Å². The van der Waals surface area contributed by atoms with Crippen LogP contribution in [0.2, 0.25) is 0 Å². The second kappa shape index (κ2) is 7.65. The topological polar surface area (TPSA) is 115 Å². The summed E-state index contributed by atoms with van der Waals surface area (Å²) in [6, 6.07) is 0.0577. The number of hydrogen-bond acceptors (Lipinski definition) is 6. The van der Waals surface area contributed by atoms with Crippen LogP contribution in [0.1, 0.15) is 52.5 Å². The van der Waals surface area contributed by atoms with Gasteiger partial charge in [0.1, 0.15) is 23.3 Å². The Hall–Kier alpha value is -3.27. The van der Waals surface area contributed by atoms with Crippen LogP contribution in [0.15, 0.2) is 27.7 Å². The fraction of sp³-hybridized carbons (Fsp3) is 0.435. The lowest BCUT2D eigenvalue weighted by molar-refractivity contribution is 0.0694. The van der Waals surface area contributed by atoms with Crippen molar-refractivity contribution in [1.29, 1.82) is 0 Å². The van der Waals surface area contributed by atoms with Gasteiger partial charge < -0.3 is 24.7 Å². The maximum absolute atomic E-state index is 15.4. The maximum atomic E-state index is 15.4. The number of pyridine rings is 1. The molecule has 2 aromatic heterocycles. The fourth-order valence-electron chi connectivity index (χ4n) is 4.92. The molecule has 174 valence electrons. The van der Waals surface area contributed by atoms with Gasteiger partial charge in [-0.2, -0.15) is 0 Å². The molecule has 4 unspecified atom stereocenters. The second-order valence-corrected chi connectivity index (χ2v) is 8.96. The molecule has 3 N–H and O–H groups in total. The minimum absolute atomic E-state index is 0.0206. The quantitative estimate of drug-likeness (QED) is 0.603. The van der Waals surface area contributed by atoms with Crippen molar-refractivity contribution in [2.24, 2.45) is 11.7 Å². The van der Waals surface area contributed by atoms with Crippen molar-refractivity contribution in [1.82, 2.24) is 9.55 Å². The van der Waals surface area contributed by atoms with E-state index in [9.17, 15) is 19.1 Å². The van der Waals surface area contributed by atoms with Crippen LogP contribution in [0.3, 0.4) is 0 Å². The zero-order valence-electron chi connectivity index (χ0n) is 18.2. The Balaban J connectivity index is 1.58. The van der Waals surface area contributed by atoms with E-state index >= 15 is 4.39 Å². The number of hydrogen-bond donors (Lipinski definition) is 2. The first-order valence-corrected chi connectivity index (χ1v) is 10.9. The summed E-state index contributed by atoms with van der Waals surface area (Å²) in [4.78, 5) is 30.4. The summed E-state index contributed by atoms with van der Waals surface area (Å²) in [5, 5.41) is 9.37. The number of fused-ring (bicyclic) bond motifs is 1. The van der Waals surface area contributed by atoms with Gasteiger partial charge in [0.05, 0.1) is 29.5 Å². The molecule has 0 radical (unpaired) electrons. The molecule has 1 aliphatic heterocycles. The summed E-state index contributed by atoms with van der Waals surface area (Å²) < 4.78 is 36.4. The van der Waals surface area contributed by atoms with Gasteiger partial charge in [0.15, 0.2) is 0 Å². The molecule has 1 saturated carbocycles. The molecule has 8 nitrogen and oxygen atoms in total. The van der Waals surface area contributed by atoms with Crippen molar-refractivity contribution in [3.05, 3.63) is 57.3 Å². The molecule has 1 aliphatic carbocycles. The maximum Gasteiger partial charge on any atom is 0.341 e. The van der Waals surface area contributed by atoms with Crippen molar-refractivity contribution >= 4 is 22.6 Å². The number of aromatic nitrogens is 2. The zero-order valence-corrected chi connectivity index (χ0v) is 18.2. The molecule has 0 bridgehead atoms. The molecule has 0 spiro atoms. The van der Waals surface area contributed by atoms with Crippen molar-refractivity contribution in [3.8, 4) is 0 Å². The lowest BCUT2D eigenvalue weighted by atomic mass is 10.00. The Morgan fingerprint density at radius 2 is 2.12 bits per heavy atom. The molecule has 10 heteroatoms. The SMILES string of the molecule is Cc1cnc(C(N)C2CCN(c3c(F)cc4c(=O)c(C(=O)O)cn(C5CC5F)c4c3C)C2)o1. The van der Waals surface area contributed by atoms with E-state index in [1.165, 1.54) is 10.8 Å². The largest absolute Gasteiger partial charge is 0.477 e. The summed E-state index contributed by atoms with van der Waals surface area (Å²) in [7, 11) is 0. The molecular weight excluding hydrogens is 434 g/mol. The van der Waals surface area contributed by atoms with Crippen molar-refractivity contribution in [2.45, 2.75) is 44.9 Å². The van der Waals surface area contributed by atoms with Gasteiger partial charge in [-0.25, -0.2) is 18.6 Å². The monoisotopic (exact) mass is 458 g/mol. The van der Waals surface area contributed by atoms with E-state index < -0.39 is 41.0 Å². The smallest absolute Gasteiger partial charge is 0.341 e. The molecule has 33 heavy (non-hydrogen) atoms. The van der Waals surface area contributed by atoms with E-state index in [0.717, 1.165) is 6.07 Å². The Morgan fingerprint density at radius 1 is 1.39 bits per heavy atom. The number of benzene rings is 1. The van der Waals surface area contributed by atoms with E-state index in [2.05, 4.69) is 4.98 Å². The van der Waals surface area contributed by atoms with Gasteiger partial charge in [0.2, 0.25) is 11.3 Å². The molecule has 2 fully saturated rings. The highest BCUT2D eigenvalue weighted by Gasteiger charge is 2.41. The highest BCUT2D eigenvalue weighted by Crippen LogP contribution is 2.43. The first kappa shape index (κ1) is 21.6. The summed E-state index contributed by atoms with van der Waals surface area (Å²) in [5.74, 6) is -0.968. The first-order valence-electron chi connectivity index (χ1n) is 10.9. The predicted octanol–water partition coefficient (Wildman–Crippen LogP) is 3.25. The number of halogens is 2. The molecule has 5 rings (SSSR count). The predicted molar refractivity (Wildman–Crippen MR) is 117 cm³/mol. The average Bonchev–Trinajstić information content (AvgIpc) is 3.13. The Kier molecular flexibility index (Phi) is 5.00. The van der Waals surface area contributed by atoms with Gasteiger partial charge in [0, 0.05) is 37.0 Å². The van der Waals surface area contributed by atoms with Gasteiger partial charge >= 0.3 is 5.97 Å². The number of anilines is 1. The molecule has 4 atom stereocenters. The number of rotatable bonds is 5. The molecule has 1 aromatic carbocycles. The highest BCUT2D eigenvalue weighted by atomic mass is 19.1. The van der Waals surface area contributed by atoms with E-state index in [1.54, 1.807) is 20.0 Å². The van der Waals surface area contributed by atoms with Gasteiger partial charge in [0.25, 0.3) is 0 Å². The molecule has 3 heterocycles. The van der Waals surface area contributed by atoms with E-state index in [4.69, 9.17) is 10.2 Å². The number of nitrogens with zero attached hydrogens (tertiary/aromatic N) is 3. The molecule has 3 aromatic rings. The standard InChI is InChI=1S/C23H24F2N4O4/c1-10-7-27-22(33-10)18(26)12-3-4-28(8-12)20-11(2)19-13(5-16(20)25)21(30)14(23(31)32)9-29(19)17-6-15(17)24/h5,7,9,12,15,17-18H,3-4,6,8,26H2,1-2H3,(H,31,32). The minimum atomic E-state index is -1.42. The number of aromatic carboxylic acids is 1. The lowest BCUT2D eigenvalue weighted by Gasteiger charge is -2.25. The molecule has 0 amide bonds. The first-order chi connectivity index (χ1) is 15.7. The second-order valence-electron chi connectivity index (χ2n) is 8.96. The zero-order chi connectivity index (χ0) is 23.6. The Morgan fingerprint density at radius 3 is 2.73 bits per heavy atom. The number of oxazole rings is 1. The van der Waals surface area contributed by atoms with Crippen LogP contribution >= 0.6 is 0 Å². The minimum Gasteiger partial charge on any atom is -0.477 e. The number of aryl methyl sites for hydroxylation is 2. The Bertz CT molecular complexity index is 1330. The van der Waals surface area contributed by atoms with Crippen molar-refractivity contribution < 1.29 is 23.1 Å². The number of alkyl halides is 1. The van der Waals surface area contributed by atoms with Crippen LogP contribution in [0.5, 0.6) is 0 Å². The van der Waals surface area contributed by atoms with Crippen LogP contribution in [0.25, 0.3) is 10.9 Å². The van der Waals surface area contributed by atoms with Crippen LogP contribution in [-0.4, -0.2) is 39.9 Å². The van der Waals surface area contributed by atoms with Gasteiger partial charge in [-0.1, -0.05) is 0 Å². The summed E-state index contributed by atoms with van der Waals surface area (Å²) in [6.45, 7) is 4.46. The molecule has 2 aliphatic rings. The molecule has 1 saturated heterocycles. The van der Waals surface area contributed by atoms with Crippen molar-refractivity contribution in [3.63, 3.8) is 0 Å². The van der Waals surface area contributed by atoms with Crippen LogP contribution < -0.4 is 16.1 Å². The lowest BCUT2D eigenvalue weighted by Crippen LogP contribution is -2.28. The highest BCUT2D eigenvalue weighted by molar-refractivity contribution is 5.95. The van der Waals surface area contributed by atoms with Crippen LogP contribution in [0.4, 0.5) is 14.5 Å². The third kappa shape index (κ3) is 3.49. The summed E-state index contributed by atoms with van der Waals surface area (Å²) >= 11 is 0. The van der Waals surface area contributed by atoms with E-state index in [1.807, 2.05) is 4.90 Å². The van der Waals surface area contributed by atoms with Crippen LogP contribution in [0, 0.1) is 25.6 Å². The van der Waals surface area contributed by atoms with Gasteiger partial charge in [-0.15, -0.1) is 0 Å². The third-order valence-corrected chi connectivity index (χ3v) is 6.72. The molecular formula is C23H24F2N4O4. The van der Waals surface area contributed by atoms with E-state index in [-0.39, 0.29) is 17.7 Å². The summed E-state index contributed by atoms with van der Waals surface area (Å²) in [6.07, 6.45) is 2.57. The van der Waals surface area contributed by atoms with Crippen LogP contribution in [-0.2, 0) is 0 Å². The van der Waals surface area contributed by atoms with Crippen molar-refractivity contribution in [2.75, 3.05) is 18.0 Å². The summed E-state index contributed by atoms with van der Waals surface area (Å²) in [5.41, 5.74) is 6.22. The fourth-order valence-corrected chi connectivity index (χ4v) is 4.92. The number of carbonyl (C=O) groups is 1. The average molecular weight is 458 g/mol. The number of nitrogens with two attached hydrogens (primary N) is 1. The Labute approximate surface area is 187 Å². The number of carboxylic acid groups (broad SMARTS) is 1. The van der Waals surface area contributed by atoms with Gasteiger partial charge in [-0.05, 0) is 31.9 Å². The number of carboxylic acids is 1.